The van der Waals surface area contributed by atoms with Crippen molar-refractivity contribution in [1.82, 2.24) is 5.32 Å². The molecule has 0 aliphatic heterocycles. The summed E-state index contributed by atoms with van der Waals surface area (Å²) >= 11 is 12.1. The number of rotatable bonds is 7. The third-order valence-electron chi connectivity index (χ3n) is 4.54. The van der Waals surface area contributed by atoms with Gasteiger partial charge in [-0.15, -0.1) is 0 Å². The predicted octanol–water partition coefficient (Wildman–Crippen LogP) is 4.64. The number of sulfonamides is 1. The lowest BCUT2D eigenvalue weighted by Gasteiger charge is -2.25. The van der Waals surface area contributed by atoms with E-state index in [0.717, 1.165) is 21.7 Å². The van der Waals surface area contributed by atoms with E-state index in [-0.39, 0.29) is 23.3 Å². The SMILES string of the molecule is CCC(NC(=O)CN(c1cc(Cl)ccc1Cl)S(C)(=O)=O)c1ccc(C)c(C)c1. The van der Waals surface area contributed by atoms with Crippen molar-refractivity contribution in [2.75, 3.05) is 17.1 Å². The third kappa shape index (κ3) is 5.63. The standard InChI is InChI=1S/C20H24Cl2N2O3S/c1-5-18(15-7-6-13(2)14(3)10-15)23-20(25)12-24(28(4,26)27)19-11-16(21)8-9-17(19)22/h6-11,18H,5,12H2,1-4H3,(H,23,25). The number of hydrogen-bond acceptors (Lipinski definition) is 3. The number of anilines is 1. The highest BCUT2D eigenvalue weighted by Gasteiger charge is 2.24. The fraction of sp³-hybridized carbons (Fsp3) is 0.350. The first-order chi connectivity index (χ1) is 13.0. The van der Waals surface area contributed by atoms with Crippen molar-refractivity contribution in [3.8, 4) is 0 Å². The molecule has 5 nitrogen and oxygen atoms in total. The molecule has 0 spiro atoms. The Hall–Kier alpha value is -1.76. The quantitative estimate of drug-likeness (QED) is 0.678. The van der Waals surface area contributed by atoms with Crippen LogP contribution < -0.4 is 9.62 Å². The van der Waals surface area contributed by atoms with Crippen molar-refractivity contribution in [2.45, 2.75) is 33.2 Å². The number of halogens is 2. The topological polar surface area (TPSA) is 66.5 Å². The molecule has 28 heavy (non-hydrogen) atoms. The number of carbonyl (C=O) groups excluding carboxylic acids is 1. The fourth-order valence-electron chi connectivity index (χ4n) is 2.83. The van der Waals surface area contributed by atoms with Crippen LogP contribution >= 0.6 is 23.2 Å². The number of amides is 1. The second-order valence-corrected chi connectivity index (χ2v) is 9.49. The Bertz CT molecular complexity index is 977. The number of hydrogen-bond donors (Lipinski definition) is 1. The molecular weight excluding hydrogens is 419 g/mol. The van der Waals surface area contributed by atoms with Gasteiger partial charge in [0.05, 0.1) is 23.0 Å². The lowest BCUT2D eigenvalue weighted by molar-refractivity contribution is -0.120. The van der Waals surface area contributed by atoms with E-state index < -0.39 is 15.9 Å². The first kappa shape index (κ1) is 22.5. The van der Waals surface area contributed by atoms with E-state index in [4.69, 9.17) is 23.2 Å². The summed E-state index contributed by atoms with van der Waals surface area (Å²) in [5, 5.41) is 3.44. The molecular formula is C20H24Cl2N2O3S. The minimum Gasteiger partial charge on any atom is -0.348 e. The van der Waals surface area contributed by atoms with Crippen molar-refractivity contribution < 1.29 is 13.2 Å². The summed E-state index contributed by atoms with van der Waals surface area (Å²) in [7, 11) is -3.74. The van der Waals surface area contributed by atoms with Crippen LogP contribution in [0.25, 0.3) is 0 Å². The van der Waals surface area contributed by atoms with Gasteiger partial charge in [-0.25, -0.2) is 8.42 Å². The average Bonchev–Trinajstić information content (AvgIpc) is 2.61. The van der Waals surface area contributed by atoms with Gasteiger partial charge < -0.3 is 5.32 Å². The number of carbonyl (C=O) groups is 1. The normalized spacial score (nSPS) is 12.5. The highest BCUT2D eigenvalue weighted by Crippen LogP contribution is 2.30. The maximum atomic E-state index is 12.7. The predicted molar refractivity (Wildman–Crippen MR) is 116 cm³/mol. The Morgan fingerprint density at radius 1 is 1.11 bits per heavy atom. The van der Waals surface area contributed by atoms with Gasteiger partial charge in [-0.3, -0.25) is 9.10 Å². The minimum atomic E-state index is -3.74. The van der Waals surface area contributed by atoms with Crippen LogP contribution in [0.3, 0.4) is 0 Å². The molecule has 1 amide bonds. The monoisotopic (exact) mass is 442 g/mol. The van der Waals surface area contributed by atoms with Crippen LogP contribution in [0.1, 0.15) is 36.1 Å². The maximum Gasteiger partial charge on any atom is 0.241 e. The molecule has 1 unspecified atom stereocenters. The molecule has 2 aromatic carbocycles. The van der Waals surface area contributed by atoms with Gasteiger partial charge in [0.2, 0.25) is 15.9 Å². The van der Waals surface area contributed by atoms with Gasteiger partial charge in [-0.05, 0) is 55.2 Å². The lowest BCUT2D eigenvalue weighted by Crippen LogP contribution is -2.41. The van der Waals surface area contributed by atoms with Crippen molar-refractivity contribution in [3.63, 3.8) is 0 Å². The third-order valence-corrected chi connectivity index (χ3v) is 6.22. The summed E-state index contributed by atoms with van der Waals surface area (Å²) in [5.41, 5.74) is 3.45. The van der Waals surface area contributed by atoms with Crippen molar-refractivity contribution in [2.24, 2.45) is 0 Å². The maximum absolute atomic E-state index is 12.7. The molecule has 152 valence electrons. The van der Waals surface area contributed by atoms with Gasteiger partial charge >= 0.3 is 0 Å². The molecule has 0 fully saturated rings. The lowest BCUT2D eigenvalue weighted by atomic mass is 9.99. The van der Waals surface area contributed by atoms with E-state index in [1.807, 2.05) is 39.0 Å². The number of aryl methyl sites for hydroxylation is 2. The van der Waals surface area contributed by atoms with Crippen molar-refractivity contribution >= 4 is 44.8 Å². The second-order valence-electron chi connectivity index (χ2n) is 6.74. The summed E-state index contributed by atoms with van der Waals surface area (Å²) in [4.78, 5) is 12.7. The van der Waals surface area contributed by atoms with Gasteiger partial charge in [0, 0.05) is 5.02 Å². The molecule has 0 saturated carbocycles. The van der Waals surface area contributed by atoms with E-state index >= 15 is 0 Å². The first-order valence-corrected chi connectivity index (χ1v) is 11.4. The number of nitrogens with one attached hydrogen (secondary N) is 1. The zero-order chi connectivity index (χ0) is 21.1. The van der Waals surface area contributed by atoms with Crippen LogP contribution in [-0.4, -0.2) is 27.1 Å². The number of nitrogens with zero attached hydrogens (tertiary/aromatic N) is 1. The average molecular weight is 443 g/mol. The molecule has 0 radical (unpaired) electrons. The zero-order valence-electron chi connectivity index (χ0n) is 16.3. The van der Waals surface area contributed by atoms with E-state index in [9.17, 15) is 13.2 Å². The Kier molecular flexibility index (Phi) is 7.37. The minimum absolute atomic E-state index is 0.172. The molecule has 0 heterocycles. The Morgan fingerprint density at radius 2 is 1.79 bits per heavy atom. The van der Waals surface area contributed by atoms with Crippen molar-refractivity contribution in [3.05, 3.63) is 63.1 Å². The van der Waals surface area contributed by atoms with Crippen LogP contribution in [0, 0.1) is 13.8 Å². The number of benzene rings is 2. The summed E-state index contributed by atoms with van der Waals surface area (Å²) in [6, 6.07) is 10.3. The van der Waals surface area contributed by atoms with E-state index in [1.165, 1.54) is 17.7 Å². The zero-order valence-corrected chi connectivity index (χ0v) is 18.6. The summed E-state index contributed by atoms with van der Waals surface area (Å²) in [6.45, 7) is 5.61. The molecule has 1 atom stereocenters. The summed E-state index contributed by atoms with van der Waals surface area (Å²) in [5.74, 6) is -0.424. The molecule has 0 aliphatic carbocycles. The van der Waals surface area contributed by atoms with Crippen LogP contribution in [0.2, 0.25) is 10.0 Å². The molecule has 0 aliphatic rings. The molecule has 8 heteroatoms. The van der Waals surface area contributed by atoms with Crippen LogP contribution in [0.5, 0.6) is 0 Å². The smallest absolute Gasteiger partial charge is 0.241 e. The molecule has 1 N–H and O–H groups in total. The highest BCUT2D eigenvalue weighted by molar-refractivity contribution is 7.92. The Labute approximate surface area is 176 Å². The fourth-order valence-corrected chi connectivity index (χ4v) is 4.13. The van der Waals surface area contributed by atoms with Gasteiger partial charge in [0.25, 0.3) is 0 Å². The van der Waals surface area contributed by atoms with E-state index in [2.05, 4.69) is 5.32 Å². The molecule has 0 bridgehead atoms. The summed E-state index contributed by atoms with van der Waals surface area (Å²) < 4.78 is 25.5. The molecule has 0 saturated heterocycles. The Balaban J connectivity index is 2.25. The molecule has 2 aromatic rings. The van der Waals surface area contributed by atoms with Crippen LogP contribution in [0.4, 0.5) is 5.69 Å². The van der Waals surface area contributed by atoms with Gasteiger partial charge in [-0.2, -0.15) is 0 Å². The van der Waals surface area contributed by atoms with Crippen LogP contribution in [0.15, 0.2) is 36.4 Å². The largest absolute Gasteiger partial charge is 0.348 e. The molecule has 2 rings (SSSR count). The van der Waals surface area contributed by atoms with Crippen molar-refractivity contribution in [1.29, 1.82) is 0 Å². The second kappa shape index (κ2) is 9.16. The first-order valence-electron chi connectivity index (χ1n) is 8.82. The van der Waals surface area contributed by atoms with E-state index in [0.29, 0.717) is 11.4 Å². The van der Waals surface area contributed by atoms with E-state index in [1.54, 1.807) is 6.07 Å². The molecule has 0 aromatic heterocycles. The van der Waals surface area contributed by atoms with Crippen LogP contribution in [-0.2, 0) is 14.8 Å². The summed E-state index contributed by atoms with van der Waals surface area (Å²) in [6.07, 6.45) is 1.70. The van der Waals surface area contributed by atoms with Gasteiger partial charge in [0.15, 0.2) is 0 Å². The van der Waals surface area contributed by atoms with Gasteiger partial charge in [-0.1, -0.05) is 48.3 Å². The highest BCUT2D eigenvalue weighted by atomic mass is 35.5. The van der Waals surface area contributed by atoms with Gasteiger partial charge in [0.1, 0.15) is 6.54 Å². The Morgan fingerprint density at radius 3 is 2.36 bits per heavy atom.